The number of halogens is 1. The van der Waals surface area contributed by atoms with Crippen molar-refractivity contribution in [3.05, 3.63) is 64.7 Å². The molecule has 2 aliphatic rings. The van der Waals surface area contributed by atoms with Crippen molar-refractivity contribution in [2.45, 2.75) is 51.9 Å². The fourth-order valence-corrected chi connectivity index (χ4v) is 5.37. The number of morpholine rings is 1. The lowest BCUT2D eigenvalue weighted by Crippen LogP contribution is -2.38. The van der Waals surface area contributed by atoms with Crippen LogP contribution in [0.25, 0.3) is 0 Å². The number of hydrogen-bond acceptors (Lipinski definition) is 4. The molecular weight excluding hydrogens is 434 g/mol. The molecule has 33 heavy (non-hydrogen) atoms. The van der Waals surface area contributed by atoms with E-state index in [0.29, 0.717) is 12.5 Å². The van der Waals surface area contributed by atoms with Crippen LogP contribution in [0, 0.1) is 19.8 Å². The van der Waals surface area contributed by atoms with Crippen molar-refractivity contribution in [3.8, 4) is 5.75 Å². The number of aryl methyl sites for hydroxylation is 2. The Hall–Kier alpha value is -1.88. The Labute approximate surface area is 205 Å². The lowest BCUT2D eigenvalue weighted by atomic mass is 9.73. The highest BCUT2D eigenvalue weighted by Crippen LogP contribution is 2.39. The number of ether oxygens (including phenoxy) is 2. The van der Waals surface area contributed by atoms with E-state index in [-0.39, 0.29) is 24.1 Å². The summed E-state index contributed by atoms with van der Waals surface area (Å²) in [5.41, 5.74) is 4.07. The molecule has 0 bridgehead atoms. The van der Waals surface area contributed by atoms with Crippen molar-refractivity contribution >= 4 is 18.2 Å². The third-order valence-electron chi connectivity index (χ3n) is 7.06. The van der Waals surface area contributed by atoms with Gasteiger partial charge in [-0.15, -0.1) is 12.4 Å². The van der Waals surface area contributed by atoms with Crippen LogP contribution < -0.4 is 4.74 Å². The van der Waals surface area contributed by atoms with Crippen LogP contribution in [0.4, 0.5) is 0 Å². The molecule has 0 N–H and O–H groups in total. The molecule has 4 rings (SSSR count). The lowest BCUT2D eigenvalue weighted by molar-refractivity contribution is 0.0322. The molecule has 5 heteroatoms. The molecule has 180 valence electrons. The first-order valence-electron chi connectivity index (χ1n) is 12.3. The van der Waals surface area contributed by atoms with Gasteiger partial charge in [0.15, 0.2) is 5.78 Å². The highest BCUT2D eigenvalue weighted by Gasteiger charge is 2.32. The zero-order chi connectivity index (χ0) is 22.3. The number of ketones is 1. The van der Waals surface area contributed by atoms with E-state index in [4.69, 9.17) is 9.47 Å². The number of rotatable bonds is 8. The Morgan fingerprint density at radius 3 is 2.30 bits per heavy atom. The van der Waals surface area contributed by atoms with E-state index in [1.807, 2.05) is 18.2 Å². The summed E-state index contributed by atoms with van der Waals surface area (Å²) < 4.78 is 11.6. The Kier molecular flexibility index (Phi) is 9.78. The molecular formula is C28H38ClNO3. The molecule has 2 aromatic rings. The average molecular weight is 472 g/mol. The fraction of sp³-hybridized carbons (Fsp3) is 0.536. The zero-order valence-electron chi connectivity index (χ0n) is 20.1. The van der Waals surface area contributed by atoms with E-state index in [1.54, 1.807) is 0 Å². The number of carbonyl (C=O) groups is 1. The molecule has 0 aromatic heterocycles. The van der Waals surface area contributed by atoms with Crippen LogP contribution in [0.15, 0.2) is 42.5 Å². The van der Waals surface area contributed by atoms with Crippen LogP contribution in [-0.2, 0) is 4.74 Å². The van der Waals surface area contributed by atoms with Gasteiger partial charge >= 0.3 is 0 Å². The van der Waals surface area contributed by atoms with Crippen molar-refractivity contribution in [1.29, 1.82) is 0 Å². The van der Waals surface area contributed by atoms with Gasteiger partial charge in [-0.1, -0.05) is 49.6 Å². The van der Waals surface area contributed by atoms with Crippen LogP contribution in [0.3, 0.4) is 0 Å². The van der Waals surface area contributed by atoms with Gasteiger partial charge in [0.25, 0.3) is 0 Å². The quantitative estimate of drug-likeness (QED) is 0.444. The van der Waals surface area contributed by atoms with Gasteiger partial charge in [0.2, 0.25) is 0 Å². The first-order valence-corrected chi connectivity index (χ1v) is 12.3. The summed E-state index contributed by atoms with van der Waals surface area (Å²) in [4.78, 5) is 16.2. The third kappa shape index (κ3) is 6.59. The highest BCUT2D eigenvalue weighted by atomic mass is 35.5. The predicted octanol–water partition coefficient (Wildman–Crippen LogP) is 5.98. The maximum atomic E-state index is 13.8. The van der Waals surface area contributed by atoms with Crippen molar-refractivity contribution in [2.24, 2.45) is 5.92 Å². The minimum Gasteiger partial charge on any atom is -0.492 e. The SMILES string of the molecule is Cc1cc(C(=O)C(c2ccccc2)C2CCCCC2)cc(C)c1OCCN1CCOCC1.Cl. The fourth-order valence-electron chi connectivity index (χ4n) is 5.37. The summed E-state index contributed by atoms with van der Waals surface area (Å²) in [7, 11) is 0. The van der Waals surface area contributed by atoms with E-state index in [0.717, 1.165) is 73.7 Å². The Morgan fingerprint density at radius 2 is 1.67 bits per heavy atom. The summed E-state index contributed by atoms with van der Waals surface area (Å²) >= 11 is 0. The van der Waals surface area contributed by atoms with E-state index < -0.39 is 0 Å². The van der Waals surface area contributed by atoms with Crippen molar-refractivity contribution < 1.29 is 14.3 Å². The molecule has 2 aromatic carbocycles. The zero-order valence-corrected chi connectivity index (χ0v) is 20.9. The van der Waals surface area contributed by atoms with Gasteiger partial charge in [-0.2, -0.15) is 0 Å². The molecule has 1 heterocycles. The van der Waals surface area contributed by atoms with Crippen LogP contribution in [0.1, 0.15) is 65.1 Å². The molecule has 1 saturated heterocycles. The summed E-state index contributed by atoms with van der Waals surface area (Å²) in [5.74, 6) is 1.56. The van der Waals surface area contributed by atoms with Crippen LogP contribution in [-0.4, -0.2) is 50.1 Å². The Morgan fingerprint density at radius 1 is 1.03 bits per heavy atom. The summed E-state index contributed by atoms with van der Waals surface area (Å²) in [6, 6.07) is 14.5. The van der Waals surface area contributed by atoms with Crippen LogP contribution >= 0.6 is 12.4 Å². The van der Waals surface area contributed by atoms with Gasteiger partial charge in [-0.3, -0.25) is 9.69 Å². The molecule has 1 atom stereocenters. The smallest absolute Gasteiger partial charge is 0.170 e. The van der Waals surface area contributed by atoms with E-state index in [2.05, 4.69) is 43.0 Å². The van der Waals surface area contributed by atoms with Gasteiger partial charge < -0.3 is 9.47 Å². The van der Waals surface area contributed by atoms with Crippen molar-refractivity contribution in [1.82, 2.24) is 4.90 Å². The molecule has 0 radical (unpaired) electrons. The van der Waals surface area contributed by atoms with Gasteiger partial charge in [0.1, 0.15) is 12.4 Å². The monoisotopic (exact) mass is 471 g/mol. The molecule has 1 saturated carbocycles. The molecule has 1 unspecified atom stereocenters. The number of hydrogen-bond donors (Lipinski definition) is 0. The summed E-state index contributed by atoms with van der Waals surface area (Å²) in [6.07, 6.45) is 6.05. The summed E-state index contributed by atoms with van der Waals surface area (Å²) in [6.45, 7) is 9.23. The standard InChI is InChI=1S/C28H37NO3.ClH/c1-21-19-25(20-22(2)28(21)32-18-15-29-13-16-31-17-14-29)27(30)26(23-9-5-3-6-10-23)24-11-7-4-8-12-24;/h3,5-6,9-10,19-20,24,26H,4,7-8,11-18H2,1-2H3;1H. The Balaban J connectivity index is 0.00000306. The van der Waals surface area contributed by atoms with E-state index in [9.17, 15) is 4.79 Å². The second-order valence-electron chi connectivity index (χ2n) is 9.39. The molecule has 1 aliphatic heterocycles. The number of nitrogens with zero attached hydrogens (tertiary/aromatic N) is 1. The van der Waals surface area contributed by atoms with Crippen molar-refractivity contribution in [2.75, 3.05) is 39.5 Å². The Bertz CT molecular complexity index is 866. The van der Waals surface area contributed by atoms with E-state index >= 15 is 0 Å². The first-order chi connectivity index (χ1) is 15.6. The minimum atomic E-state index is -0.0524. The highest BCUT2D eigenvalue weighted by molar-refractivity contribution is 6.01. The second-order valence-corrected chi connectivity index (χ2v) is 9.39. The normalized spacial score (nSPS) is 18.4. The van der Waals surface area contributed by atoms with E-state index in [1.165, 1.54) is 19.3 Å². The number of benzene rings is 2. The number of carbonyl (C=O) groups excluding carboxylic acids is 1. The second kappa shape index (κ2) is 12.5. The van der Waals surface area contributed by atoms with Gasteiger partial charge in [-0.05, 0) is 61.4 Å². The van der Waals surface area contributed by atoms with Gasteiger partial charge in [0, 0.05) is 25.2 Å². The lowest BCUT2D eigenvalue weighted by Gasteiger charge is -2.30. The maximum Gasteiger partial charge on any atom is 0.170 e. The number of Topliss-reactive ketones (excluding diaryl/α,β-unsaturated/α-hetero) is 1. The average Bonchev–Trinajstić information content (AvgIpc) is 2.83. The van der Waals surface area contributed by atoms with Gasteiger partial charge in [-0.25, -0.2) is 0 Å². The van der Waals surface area contributed by atoms with Crippen LogP contribution in [0.5, 0.6) is 5.75 Å². The molecule has 4 nitrogen and oxygen atoms in total. The van der Waals surface area contributed by atoms with Gasteiger partial charge in [0.05, 0.1) is 19.1 Å². The minimum absolute atomic E-state index is 0. The largest absolute Gasteiger partial charge is 0.492 e. The van der Waals surface area contributed by atoms with Crippen molar-refractivity contribution in [3.63, 3.8) is 0 Å². The third-order valence-corrected chi connectivity index (χ3v) is 7.06. The topological polar surface area (TPSA) is 38.8 Å². The first kappa shape index (κ1) is 25.7. The predicted molar refractivity (Wildman–Crippen MR) is 136 cm³/mol. The molecule has 0 spiro atoms. The molecule has 2 fully saturated rings. The van der Waals surface area contributed by atoms with Crippen LogP contribution in [0.2, 0.25) is 0 Å². The molecule has 1 aliphatic carbocycles. The summed E-state index contributed by atoms with van der Waals surface area (Å²) in [5, 5.41) is 0. The molecule has 0 amide bonds. The maximum absolute atomic E-state index is 13.8.